The topological polar surface area (TPSA) is 116 Å². The summed E-state index contributed by atoms with van der Waals surface area (Å²) in [5.74, 6) is -0.542. The van der Waals surface area contributed by atoms with Gasteiger partial charge < -0.3 is 20.9 Å². The number of piperazine rings is 1. The van der Waals surface area contributed by atoms with Gasteiger partial charge in [-0.05, 0) is 67.9 Å². The first-order valence-electron chi connectivity index (χ1n) is 14.0. The molecule has 2 saturated heterocycles. The molecule has 42 heavy (non-hydrogen) atoms. The molecule has 4 fully saturated rings. The number of benzene rings is 1. The highest BCUT2D eigenvalue weighted by Gasteiger charge is 2.51. The quantitative estimate of drug-likeness (QED) is 0.385. The summed E-state index contributed by atoms with van der Waals surface area (Å²) in [5, 5.41) is 9.42. The number of nitrogens with one attached hydrogen (secondary N) is 3. The van der Waals surface area contributed by atoms with Crippen molar-refractivity contribution in [1.29, 1.82) is 0 Å². The molecule has 2 bridgehead atoms. The maximum atomic E-state index is 14.1. The Hall–Kier alpha value is -3.23. The molecule has 3 N–H and O–H groups in total. The summed E-state index contributed by atoms with van der Waals surface area (Å²) in [7, 11) is -3.89. The molecule has 2 aliphatic carbocycles. The van der Waals surface area contributed by atoms with Crippen molar-refractivity contribution in [2.75, 3.05) is 29.1 Å². The Labute approximate surface area is 243 Å². The van der Waals surface area contributed by atoms with Gasteiger partial charge in [0.2, 0.25) is 5.95 Å². The number of amides is 1. The minimum atomic E-state index is -4.79. The van der Waals surface area contributed by atoms with Crippen LogP contribution < -0.4 is 20.9 Å². The first kappa shape index (κ1) is 26.4. The van der Waals surface area contributed by atoms with E-state index in [9.17, 15) is 26.4 Å². The average Bonchev–Trinajstić information content (AvgIpc) is 3.76. The molecule has 9 nitrogen and oxygen atoms in total. The van der Waals surface area contributed by atoms with Crippen LogP contribution in [0.3, 0.4) is 0 Å². The van der Waals surface area contributed by atoms with Crippen molar-refractivity contribution < 1.29 is 26.4 Å². The summed E-state index contributed by atoms with van der Waals surface area (Å²) in [5.41, 5.74) is 0.598. The number of halogens is 3. The molecule has 1 amide bonds. The number of thiophene rings is 1. The molecule has 8 rings (SSSR count). The van der Waals surface area contributed by atoms with Crippen LogP contribution >= 0.6 is 11.3 Å². The summed E-state index contributed by atoms with van der Waals surface area (Å²) >= 11 is 0.706. The summed E-state index contributed by atoms with van der Waals surface area (Å²) in [4.78, 5) is 23.2. The van der Waals surface area contributed by atoms with Crippen molar-refractivity contribution in [3.63, 3.8) is 0 Å². The van der Waals surface area contributed by atoms with Crippen LogP contribution in [0.1, 0.15) is 58.8 Å². The minimum Gasteiger partial charge on any atom is -0.366 e. The predicted molar refractivity (Wildman–Crippen MR) is 151 cm³/mol. The average molecular weight is 617 g/mol. The van der Waals surface area contributed by atoms with Gasteiger partial charge in [-0.25, -0.2) is 18.4 Å². The summed E-state index contributed by atoms with van der Waals surface area (Å²) in [6.45, 7) is 1.91. The standard InChI is InChI=1S/C28H27F3N6O3S2/c29-28(30,31)19-11-33-26(34-20-4-3-16(8-18(20)14-1-2-14)37-12-15-7-17(37)10-32-15)35-23(19)21-9-22-24(41-21)25(38)36-27(5-6-27)13-42(22,39)40/h3-4,8-9,11,14-15,17,32H,1-2,5-7,10,12-13H2,(H,36,38)(H,33,34,35)/t15-,17-/m1/s1. The second-order valence-corrected chi connectivity index (χ2v) is 15.1. The van der Waals surface area contributed by atoms with Gasteiger partial charge in [-0.1, -0.05) is 0 Å². The molecule has 2 saturated carbocycles. The highest BCUT2D eigenvalue weighted by Crippen LogP contribution is 2.48. The van der Waals surface area contributed by atoms with Gasteiger partial charge in [0.05, 0.1) is 26.8 Å². The van der Waals surface area contributed by atoms with E-state index in [1.807, 2.05) is 12.1 Å². The van der Waals surface area contributed by atoms with E-state index in [4.69, 9.17) is 0 Å². The number of nitrogens with zero attached hydrogens (tertiary/aromatic N) is 3. The van der Waals surface area contributed by atoms with Crippen molar-refractivity contribution in [2.24, 2.45) is 0 Å². The Bertz CT molecular complexity index is 1750. The van der Waals surface area contributed by atoms with E-state index in [1.165, 1.54) is 0 Å². The highest BCUT2D eigenvalue weighted by atomic mass is 32.2. The SMILES string of the molecule is O=C1NC2(CC2)CS(=O)(=O)c2cc(-c3nc(Nc4ccc(N5C[C@H]6C[C@@H]5CN6)cc4C4CC4)ncc3C(F)(F)F)sc21. The van der Waals surface area contributed by atoms with Gasteiger partial charge in [0.25, 0.3) is 5.91 Å². The highest BCUT2D eigenvalue weighted by molar-refractivity contribution is 7.91. The zero-order valence-electron chi connectivity index (χ0n) is 22.3. The number of carbonyl (C=O) groups excluding carboxylic acids is 1. The Morgan fingerprint density at radius 1 is 1.17 bits per heavy atom. The lowest BCUT2D eigenvalue weighted by molar-refractivity contribution is -0.137. The number of carbonyl (C=O) groups is 1. The third-order valence-electron chi connectivity index (χ3n) is 8.95. The third kappa shape index (κ3) is 4.45. The first-order valence-corrected chi connectivity index (χ1v) is 16.5. The molecular formula is C28H27F3N6O3S2. The monoisotopic (exact) mass is 616 g/mol. The van der Waals surface area contributed by atoms with E-state index < -0.39 is 38.7 Å². The summed E-state index contributed by atoms with van der Waals surface area (Å²) < 4.78 is 68.6. The number of alkyl halides is 3. The zero-order valence-corrected chi connectivity index (χ0v) is 23.9. The van der Waals surface area contributed by atoms with Crippen molar-refractivity contribution in [1.82, 2.24) is 20.6 Å². The number of rotatable bonds is 5. The number of fused-ring (bicyclic) bond motifs is 3. The summed E-state index contributed by atoms with van der Waals surface area (Å²) in [6.07, 6.45) is 0.212. The normalized spacial score (nSPS) is 25.3. The van der Waals surface area contributed by atoms with Crippen LogP contribution in [0, 0.1) is 0 Å². The molecule has 2 aromatic heterocycles. The number of sulfone groups is 1. The fourth-order valence-electron chi connectivity index (χ4n) is 6.49. The minimum absolute atomic E-state index is 0.0371. The van der Waals surface area contributed by atoms with Crippen molar-refractivity contribution in [3.8, 4) is 10.6 Å². The van der Waals surface area contributed by atoms with Crippen molar-refractivity contribution in [3.05, 3.63) is 46.5 Å². The number of anilines is 3. The molecule has 3 aromatic rings. The predicted octanol–water partition coefficient (Wildman–Crippen LogP) is 4.45. The van der Waals surface area contributed by atoms with Gasteiger partial charge in [0, 0.05) is 42.7 Å². The van der Waals surface area contributed by atoms with E-state index in [-0.39, 0.29) is 26.4 Å². The number of hydrogen-bond acceptors (Lipinski definition) is 9. The van der Waals surface area contributed by atoms with E-state index in [0.717, 1.165) is 55.4 Å². The maximum absolute atomic E-state index is 14.1. The first-order chi connectivity index (χ1) is 20.0. The van der Waals surface area contributed by atoms with Crippen molar-refractivity contribution in [2.45, 2.75) is 66.7 Å². The van der Waals surface area contributed by atoms with Crippen LogP contribution in [0.15, 0.2) is 35.4 Å². The van der Waals surface area contributed by atoms with Crippen molar-refractivity contribution >= 4 is 44.4 Å². The fourth-order valence-corrected chi connectivity index (χ4v) is 9.93. The molecule has 220 valence electrons. The second kappa shape index (κ2) is 8.89. The molecular weight excluding hydrogens is 589 g/mol. The summed E-state index contributed by atoms with van der Waals surface area (Å²) in [6, 6.07) is 8.23. The Balaban J connectivity index is 1.16. The van der Waals surface area contributed by atoms with Gasteiger partial charge >= 0.3 is 6.18 Å². The number of hydrogen-bond donors (Lipinski definition) is 3. The van der Waals surface area contributed by atoms with Gasteiger partial charge in [-0.3, -0.25) is 4.79 Å². The fraction of sp³-hybridized carbons (Fsp3) is 0.464. The molecule has 3 aliphatic heterocycles. The second-order valence-electron chi connectivity index (χ2n) is 12.1. The number of aromatic nitrogens is 2. The molecule has 14 heteroatoms. The molecule has 5 aliphatic rings. The van der Waals surface area contributed by atoms with Gasteiger partial charge in [-0.15, -0.1) is 11.3 Å². The zero-order chi connectivity index (χ0) is 29.0. The largest absolute Gasteiger partial charge is 0.420 e. The lowest BCUT2D eigenvalue weighted by atomic mass is 10.1. The van der Waals surface area contributed by atoms with E-state index in [0.29, 0.717) is 48.4 Å². The molecule has 1 spiro atoms. The molecule has 2 atom stereocenters. The van der Waals surface area contributed by atoms with Crippen LogP contribution in [0.4, 0.5) is 30.5 Å². The molecule has 5 heterocycles. The van der Waals surface area contributed by atoms with Crippen LogP contribution in [-0.2, 0) is 16.0 Å². The van der Waals surface area contributed by atoms with Crippen LogP contribution in [0.5, 0.6) is 0 Å². The Morgan fingerprint density at radius 3 is 2.64 bits per heavy atom. The molecule has 1 aromatic carbocycles. The lowest BCUT2D eigenvalue weighted by Gasteiger charge is -2.30. The van der Waals surface area contributed by atoms with Crippen LogP contribution in [0.2, 0.25) is 0 Å². The maximum Gasteiger partial charge on any atom is 0.420 e. The van der Waals surface area contributed by atoms with Gasteiger partial charge in [0.1, 0.15) is 10.4 Å². The Morgan fingerprint density at radius 2 is 1.98 bits per heavy atom. The van der Waals surface area contributed by atoms with E-state index in [2.05, 4.69) is 36.9 Å². The molecule has 0 unspecified atom stereocenters. The van der Waals surface area contributed by atoms with Gasteiger partial charge in [0.15, 0.2) is 9.84 Å². The lowest BCUT2D eigenvalue weighted by Crippen LogP contribution is -2.43. The van der Waals surface area contributed by atoms with Crippen LogP contribution in [0.25, 0.3) is 10.6 Å². The Kier molecular flexibility index (Phi) is 5.59. The smallest absolute Gasteiger partial charge is 0.366 e. The third-order valence-corrected chi connectivity index (χ3v) is 12.1. The van der Waals surface area contributed by atoms with Gasteiger partial charge in [-0.2, -0.15) is 13.2 Å². The van der Waals surface area contributed by atoms with E-state index in [1.54, 1.807) is 0 Å². The van der Waals surface area contributed by atoms with Crippen LogP contribution in [-0.4, -0.2) is 60.8 Å². The van der Waals surface area contributed by atoms with E-state index >= 15 is 0 Å². The molecule has 0 radical (unpaired) electrons.